The van der Waals surface area contributed by atoms with Gasteiger partial charge in [-0.1, -0.05) is 17.7 Å². The summed E-state index contributed by atoms with van der Waals surface area (Å²) in [7, 11) is 0. The Morgan fingerprint density at radius 1 is 1.25 bits per heavy atom. The van der Waals surface area contributed by atoms with Crippen LogP contribution in [-0.2, 0) is 0 Å². The summed E-state index contributed by atoms with van der Waals surface area (Å²) in [6.07, 6.45) is 0. The quantitative estimate of drug-likeness (QED) is 0.741. The van der Waals surface area contributed by atoms with Gasteiger partial charge >= 0.3 is 0 Å². The van der Waals surface area contributed by atoms with Crippen LogP contribution in [0.5, 0.6) is 5.75 Å². The predicted molar refractivity (Wildman–Crippen MR) is 81.4 cm³/mol. The van der Waals surface area contributed by atoms with Gasteiger partial charge in [-0.15, -0.1) is 0 Å². The molecular formula is C15H15ClN2O2. The van der Waals surface area contributed by atoms with Crippen LogP contribution < -0.4 is 11.1 Å². The van der Waals surface area contributed by atoms with Gasteiger partial charge < -0.3 is 16.2 Å². The van der Waals surface area contributed by atoms with Crippen LogP contribution in [0.15, 0.2) is 30.3 Å². The first-order valence-electron chi connectivity index (χ1n) is 6.05. The van der Waals surface area contributed by atoms with Gasteiger partial charge in [-0.2, -0.15) is 0 Å². The highest BCUT2D eigenvalue weighted by atomic mass is 35.5. The largest absolute Gasteiger partial charge is 0.507 e. The lowest BCUT2D eigenvalue weighted by molar-refractivity contribution is 0.102. The Bertz CT molecular complexity index is 684. The molecular weight excluding hydrogens is 276 g/mol. The standard InChI is InChI=1S/C15H15ClN2O2/c1-8-3-6-13(9(2)14(8)19)18-15(20)10-4-5-12(17)11(16)7-10/h3-7,19H,17H2,1-2H3,(H,18,20). The summed E-state index contributed by atoms with van der Waals surface area (Å²) in [6, 6.07) is 8.18. The SMILES string of the molecule is Cc1ccc(NC(=O)c2ccc(N)c(Cl)c2)c(C)c1O. The molecule has 0 saturated carbocycles. The number of hydrogen-bond acceptors (Lipinski definition) is 3. The fourth-order valence-electron chi connectivity index (χ4n) is 1.83. The maximum Gasteiger partial charge on any atom is 0.255 e. The topological polar surface area (TPSA) is 75.4 Å². The van der Waals surface area contributed by atoms with Gasteiger partial charge in [-0.3, -0.25) is 4.79 Å². The van der Waals surface area contributed by atoms with Gasteiger partial charge in [0.1, 0.15) is 5.75 Å². The second-order valence-corrected chi connectivity index (χ2v) is 5.00. The summed E-state index contributed by atoms with van der Waals surface area (Å²) >= 11 is 5.89. The molecule has 0 aromatic heterocycles. The van der Waals surface area contributed by atoms with Gasteiger partial charge in [-0.25, -0.2) is 0 Å². The van der Waals surface area contributed by atoms with Crippen molar-refractivity contribution in [2.45, 2.75) is 13.8 Å². The summed E-state index contributed by atoms with van der Waals surface area (Å²) in [5.41, 5.74) is 8.38. The minimum Gasteiger partial charge on any atom is -0.507 e. The summed E-state index contributed by atoms with van der Waals surface area (Å²) in [5, 5.41) is 12.9. The van der Waals surface area contributed by atoms with E-state index < -0.39 is 0 Å². The van der Waals surface area contributed by atoms with E-state index >= 15 is 0 Å². The van der Waals surface area contributed by atoms with Crippen molar-refractivity contribution in [1.29, 1.82) is 0 Å². The number of phenols is 1. The van der Waals surface area contributed by atoms with Gasteiger partial charge in [0.15, 0.2) is 0 Å². The molecule has 104 valence electrons. The summed E-state index contributed by atoms with van der Waals surface area (Å²) in [6.45, 7) is 3.54. The van der Waals surface area contributed by atoms with E-state index in [1.165, 1.54) is 6.07 Å². The van der Waals surface area contributed by atoms with Crippen molar-refractivity contribution in [2.24, 2.45) is 0 Å². The number of nitrogens with two attached hydrogens (primary N) is 1. The van der Waals surface area contributed by atoms with E-state index in [1.54, 1.807) is 38.1 Å². The number of phenolic OH excluding ortho intramolecular Hbond substituents is 1. The Hall–Kier alpha value is -2.20. The molecule has 0 spiro atoms. The number of rotatable bonds is 2. The maximum atomic E-state index is 12.1. The lowest BCUT2D eigenvalue weighted by Crippen LogP contribution is -2.13. The molecule has 20 heavy (non-hydrogen) atoms. The zero-order valence-corrected chi connectivity index (χ0v) is 12.0. The number of hydrogen-bond donors (Lipinski definition) is 3. The van der Waals surface area contributed by atoms with E-state index in [2.05, 4.69) is 5.32 Å². The highest BCUT2D eigenvalue weighted by Crippen LogP contribution is 2.28. The van der Waals surface area contributed by atoms with Crippen LogP contribution in [0.25, 0.3) is 0 Å². The van der Waals surface area contributed by atoms with Crippen molar-refractivity contribution in [2.75, 3.05) is 11.1 Å². The number of carbonyl (C=O) groups is 1. The molecule has 0 atom stereocenters. The van der Waals surface area contributed by atoms with Crippen molar-refractivity contribution >= 4 is 28.9 Å². The highest BCUT2D eigenvalue weighted by molar-refractivity contribution is 6.33. The van der Waals surface area contributed by atoms with Gasteiger partial charge in [0.05, 0.1) is 10.7 Å². The molecule has 0 aliphatic carbocycles. The lowest BCUT2D eigenvalue weighted by atomic mass is 10.1. The second-order valence-electron chi connectivity index (χ2n) is 4.59. The normalized spacial score (nSPS) is 10.3. The van der Waals surface area contributed by atoms with Crippen molar-refractivity contribution in [3.05, 3.63) is 52.0 Å². The van der Waals surface area contributed by atoms with E-state index in [4.69, 9.17) is 17.3 Å². The minimum atomic E-state index is -0.307. The Labute approximate surface area is 122 Å². The lowest BCUT2D eigenvalue weighted by Gasteiger charge is -2.11. The molecule has 0 fully saturated rings. The van der Waals surface area contributed by atoms with Crippen molar-refractivity contribution in [3.63, 3.8) is 0 Å². The predicted octanol–water partition coefficient (Wildman–Crippen LogP) is 3.50. The Morgan fingerprint density at radius 2 is 1.95 bits per heavy atom. The first-order chi connectivity index (χ1) is 9.40. The zero-order chi connectivity index (χ0) is 14.9. The van der Waals surface area contributed by atoms with Crippen molar-refractivity contribution in [3.8, 4) is 5.75 Å². The first kappa shape index (κ1) is 14.2. The fourth-order valence-corrected chi connectivity index (χ4v) is 2.01. The van der Waals surface area contributed by atoms with Crippen LogP contribution in [0, 0.1) is 13.8 Å². The molecule has 2 aromatic rings. The van der Waals surface area contributed by atoms with Gasteiger partial charge in [0.2, 0.25) is 0 Å². The fraction of sp³-hybridized carbons (Fsp3) is 0.133. The number of carbonyl (C=O) groups excluding carboxylic acids is 1. The van der Waals surface area contributed by atoms with Crippen LogP contribution in [-0.4, -0.2) is 11.0 Å². The van der Waals surface area contributed by atoms with Crippen LogP contribution in [0.4, 0.5) is 11.4 Å². The Balaban J connectivity index is 2.28. The highest BCUT2D eigenvalue weighted by Gasteiger charge is 2.12. The first-order valence-corrected chi connectivity index (χ1v) is 6.43. The molecule has 5 heteroatoms. The average Bonchev–Trinajstić information content (AvgIpc) is 2.42. The molecule has 2 aromatic carbocycles. The number of anilines is 2. The summed E-state index contributed by atoms with van der Waals surface area (Å²) in [5.74, 6) is -0.128. The van der Waals surface area contributed by atoms with Crippen LogP contribution in [0.1, 0.15) is 21.5 Å². The second kappa shape index (κ2) is 5.43. The number of benzene rings is 2. The van der Waals surface area contributed by atoms with Gasteiger partial charge in [0, 0.05) is 16.8 Å². The molecule has 4 N–H and O–H groups in total. The molecule has 0 heterocycles. The molecule has 4 nitrogen and oxygen atoms in total. The molecule has 0 radical (unpaired) electrons. The van der Waals surface area contributed by atoms with Gasteiger partial charge in [0.25, 0.3) is 5.91 Å². The molecule has 0 unspecified atom stereocenters. The number of halogens is 1. The number of aromatic hydroxyl groups is 1. The zero-order valence-electron chi connectivity index (χ0n) is 11.2. The number of amides is 1. The third kappa shape index (κ3) is 2.70. The van der Waals surface area contributed by atoms with E-state index in [-0.39, 0.29) is 11.7 Å². The smallest absolute Gasteiger partial charge is 0.255 e. The number of nitrogens with one attached hydrogen (secondary N) is 1. The van der Waals surface area contributed by atoms with Crippen LogP contribution in [0.2, 0.25) is 5.02 Å². The van der Waals surface area contributed by atoms with Crippen molar-refractivity contribution in [1.82, 2.24) is 0 Å². The van der Waals surface area contributed by atoms with E-state index in [9.17, 15) is 9.90 Å². The van der Waals surface area contributed by atoms with Gasteiger partial charge in [-0.05, 0) is 43.7 Å². The maximum absolute atomic E-state index is 12.1. The monoisotopic (exact) mass is 290 g/mol. The molecule has 0 aliphatic heterocycles. The molecule has 0 aliphatic rings. The minimum absolute atomic E-state index is 0.179. The third-order valence-electron chi connectivity index (χ3n) is 3.14. The summed E-state index contributed by atoms with van der Waals surface area (Å²) in [4.78, 5) is 12.1. The van der Waals surface area contributed by atoms with Crippen LogP contribution >= 0.6 is 11.6 Å². The Morgan fingerprint density at radius 3 is 2.60 bits per heavy atom. The number of aryl methyl sites for hydroxylation is 1. The van der Waals surface area contributed by atoms with Crippen molar-refractivity contribution < 1.29 is 9.90 Å². The van der Waals surface area contributed by atoms with Crippen LogP contribution in [0.3, 0.4) is 0 Å². The molecule has 1 amide bonds. The number of nitrogen functional groups attached to an aromatic ring is 1. The van der Waals surface area contributed by atoms with E-state index in [1.807, 2.05) is 0 Å². The molecule has 0 bridgehead atoms. The Kier molecular flexibility index (Phi) is 3.86. The average molecular weight is 291 g/mol. The third-order valence-corrected chi connectivity index (χ3v) is 3.47. The molecule has 0 saturated heterocycles. The van der Waals surface area contributed by atoms with E-state index in [0.29, 0.717) is 27.5 Å². The summed E-state index contributed by atoms with van der Waals surface area (Å²) < 4.78 is 0. The molecule has 2 rings (SSSR count). The van der Waals surface area contributed by atoms with E-state index in [0.717, 1.165) is 5.56 Å².